The second kappa shape index (κ2) is 6.86. The van der Waals surface area contributed by atoms with Crippen molar-refractivity contribution in [2.75, 3.05) is 18.0 Å². The van der Waals surface area contributed by atoms with E-state index < -0.39 is 0 Å². The standard InChI is InChI=1S/C16H25N5/c1-4-13-14(9-18)16(20-19-15(13)5-2)21-10-12(8-17)7-6-11(21)3/h11-12H,4-8,10,17H2,1-3H3. The van der Waals surface area contributed by atoms with Crippen molar-refractivity contribution in [2.45, 2.75) is 52.5 Å². The maximum Gasteiger partial charge on any atom is 0.169 e. The highest BCUT2D eigenvalue weighted by atomic mass is 15.3. The van der Waals surface area contributed by atoms with Crippen molar-refractivity contribution in [3.8, 4) is 6.07 Å². The molecule has 1 aromatic rings. The Labute approximate surface area is 127 Å². The summed E-state index contributed by atoms with van der Waals surface area (Å²) in [5, 5.41) is 18.4. The first-order chi connectivity index (χ1) is 10.2. The fourth-order valence-corrected chi connectivity index (χ4v) is 3.15. The Hall–Kier alpha value is -1.67. The van der Waals surface area contributed by atoms with Crippen LogP contribution in [0.4, 0.5) is 5.82 Å². The normalized spacial score (nSPS) is 22.1. The molecule has 1 aromatic heterocycles. The molecule has 0 aliphatic carbocycles. The van der Waals surface area contributed by atoms with Crippen LogP contribution in [-0.4, -0.2) is 29.3 Å². The third kappa shape index (κ3) is 3.01. The molecule has 1 aliphatic rings. The smallest absolute Gasteiger partial charge is 0.169 e. The first kappa shape index (κ1) is 15.7. The molecule has 2 rings (SSSR count). The summed E-state index contributed by atoms with van der Waals surface area (Å²) in [6.45, 7) is 7.87. The van der Waals surface area contributed by atoms with E-state index in [0.29, 0.717) is 24.1 Å². The van der Waals surface area contributed by atoms with Crippen molar-refractivity contribution >= 4 is 5.82 Å². The summed E-state index contributed by atoms with van der Waals surface area (Å²) in [6.07, 6.45) is 3.87. The van der Waals surface area contributed by atoms with Crippen molar-refractivity contribution in [3.63, 3.8) is 0 Å². The van der Waals surface area contributed by atoms with E-state index in [-0.39, 0.29) is 0 Å². The van der Waals surface area contributed by atoms with Crippen molar-refractivity contribution in [1.82, 2.24) is 10.2 Å². The molecule has 0 aromatic carbocycles. The van der Waals surface area contributed by atoms with Gasteiger partial charge in [-0.15, -0.1) is 5.10 Å². The average Bonchev–Trinajstić information content (AvgIpc) is 2.53. The minimum absolute atomic E-state index is 0.381. The topological polar surface area (TPSA) is 78.8 Å². The molecule has 5 heteroatoms. The van der Waals surface area contributed by atoms with E-state index >= 15 is 0 Å². The van der Waals surface area contributed by atoms with Crippen LogP contribution in [0.2, 0.25) is 0 Å². The second-order valence-corrected chi connectivity index (χ2v) is 5.82. The first-order valence-electron chi connectivity index (χ1n) is 7.91. The molecule has 114 valence electrons. The third-order valence-corrected chi connectivity index (χ3v) is 4.52. The van der Waals surface area contributed by atoms with Crippen LogP contribution in [0.3, 0.4) is 0 Å². The molecule has 1 fully saturated rings. The van der Waals surface area contributed by atoms with Crippen LogP contribution in [0.25, 0.3) is 0 Å². The lowest BCUT2D eigenvalue weighted by Gasteiger charge is -2.38. The molecule has 0 bridgehead atoms. The minimum atomic E-state index is 0.381. The molecular weight excluding hydrogens is 262 g/mol. The number of anilines is 1. The quantitative estimate of drug-likeness (QED) is 0.916. The highest BCUT2D eigenvalue weighted by Gasteiger charge is 2.29. The Morgan fingerprint density at radius 3 is 2.62 bits per heavy atom. The maximum absolute atomic E-state index is 9.62. The Morgan fingerprint density at radius 1 is 1.29 bits per heavy atom. The molecular formula is C16H25N5. The van der Waals surface area contributed by atoms with E-state index in [1.165, 1.54) is 0 Å². The lowest BCUT2D eigenvalue weighted by Crippen LogP contribution is -2.45. The molecule has 0 radical (unpaired) electrons. The Kier molecular flexibility index (Phi) is 5.13. The highest BCUT2D eigenvalue weighted by molar-refractivity contribution is 5.58. The van der Waals surface area contributed by atoms with Gasteiger partial charge in [-0.05, 0) is 50.6 Å². The van der Waals surface area contributed by atoms with Crippen molar-refractivity contribution < 1.29 is 0 Å². The number of nitrogens with zero attached hydrogens (tertiary/aromatic N) is 4. The molecule has 2 atom stereocenters. The predicted molar refractivity (Wildman–Crippen MR) is 84.1 cm³/mol. The fraction of sp³-hybridized carbons (Fsp3) is 0.688. The number of rotatable bonds is 4. The Balaban J connectivity index is 2.45. The zero-order valence-corrected chi connectivity index (χ0v) is 13.3. The number of aryl methyl sites for hydroxylation is 1. The number of piperidine rings is 1. The summed E-state index contributed by atoms with van der Waals surface area (Å²) >= 11 is 0. The van der Waals surface area contributed by atoms with Gasteiger partial charge in [0.1, 0.15) is 11.6 Å². The molecule has 5 nitrogen and oxygen atoms in total. The molecule has 21 heavy (non-hydrogen) atoms. The van der Waals surface area contributed by atoms with Gasteiger partial charge in [-0.25, -0.2) is 0 Å². The zero-order chi connectivity index (χ0) is 15.4. The molecule has 0 saturated carbocycles. The van der Waals surface area contributed by atoms with E-state index in [2.05, 4.69) is 41.9 Å². The van der Waals surface area contributed by atoms with E-state index in [9.17, 15) is 5.26 Å². The van der Waals surface area contributed by atoms with Crippen molar-refractivity contribution in [1.29, 1.82) is 5.26 Å². The van der Waals surface area contributed by atoms with Crippen LogP contribution < -0.4 is 10.6 Å². The summed E-state index contributed by atoms with van der Waals surface area (Å²) in [7, 11) is 0. The van der Waals surface area contributed by atoms with Gasteiger partial charge in [0, 0.05) is 12.6 Å². The number of nitriles is 1. The van der Waals surface area contributed by atoms with Crippen LogP contribution in [0.15, 0.2) is 0 Å². The van der Waals surface area contributed by atoms with Crippen LogP contribution in [0.1, 0.15) is 50.4 Å². The monoisotopic (exact) mass is 287 g/mol. The van der Waals surface area contributed by atoms with Crippen LogP contribution in [0.5, 0.6) is 0 Å². The molecule has 1 aliphatic heterocycles. The summed E-state index contributed by atoms with van der Waals surface area (Å²) < 4.78 is 0. The molecule has 1 saturated heterocycles. The van der Waals surface area contributed by atoms with E-state index in [1.54, 1.807) is 0 Å². The Morgan fingerprint density at radius 2 is 2.05 bits per heavy atom. The number of hydrogen-bond donors (Lipinski definition) is 1. The molecule has 2 N–H and O–H groups in total. The lowest BCUT2D eigenvalue weighted by atomic mass is 9.92. The largest absolute Gasteiger partial charge is 0.351 e. The fourth-order valence-electron chi connectivity index (χ4n) is 3.15. The lowest BCUT2D eigenvalue weighted by molar-refractivity contribution is 0.371. The van der Waals surface area contributed by atoms with Gasteiger partial charge in [-0.3, -0.25) is 0 Å². The van der Waals surface area contributed by atoms with Gasteiger partial charge in [0.25, 0.3) is 0 Å². The van der Waals surface area contributed by atoms with Gasteiger partial charge in [0.2, 0.25) is 0 Å². The van der Waals surface area contributed by atoms with E-state index in [0.717, 1.165) is 49.3 Å². The molecule has 0 amide bonds. The van der Waals surface area contributed by atoms with Gasteiger partial charge < -0.3 is 10.6 Å². The number of hydrogen-bond acceptors (Lipinski definition) is 5. The van der Waals surface area contributed by atoms with Crippen molar-refractivity contribution in [3.05, 3.63) is 16.8 Å². The predicted octanol–water partition coefficient (Wildman–Crippen LogP) is 2.04. The highest BCUT2D eigenvalue weighted by Crippen LogP contribution is 2.30. The maximum atomic E-state index is 9.62. The van der Waals surface area contributed by atoms with Crippen LogP contribution >= 0.6 is 0 Å². The van der Waals surface area contributed by atoms with Crippen molar-refractivity contribution in [2.24, 2.45) is 11.7 Å². The van der Waals surface area contributed by atoms with Gasteiger partial charge in [-0.2, -0.15) is 10.4 Å². The first-order valence-corrected chi connectivity index (χ1v) is 7.91. The van der Waals surface area contributed by atoms with Gasteiger partial charge in [0.05, 0.1) is 5.69 Å². The van der Waals surface area contributed by atoms with E-state index in [1.807, 2.05) is 0 Å². The number of nitrogens with two attached hydrogens (primary N) is 1. The zero-order valence-electron chi connectivity index (χ0n) is 13.3. The van der Waals surface area contributed by atoms with Crippen LogP contribution in [0, 0.1) is 17.2 Å². The third-order valence-electron chi connectivity index (χ3n) is 4.52. The molecule has 2 unspecified atom stereocenters. The van der Waals surface area contributed by atoms with Gasteiger partial charge in [0.15, 0.2) is 5.82 Å². The summed E-state index contributed by atoms with van der Waals surface area (Å²) in [5.41, 5.74) is 8.53. The molecule has 2 heterocycles. The minimum Gasteiger partial charge on any atom is -0.351 e. The molecule has 0 spiro atoms. The SMILES string of the molecule is CCc1nnc(N2CC(CN)CCC2C)c(C#N)c1CC. The summed E-state index contributed by atoms with van der Waals surface area (Å²) in [4.78, 5) is 2.23. The summed E-state index contributed by atoms with van der Waals surface area (Å²) in [6, 6.07) is 2.75. The Bertz CT molecular complexity index is 534. The van der Waals surface area contributed by atoms with Gasteiger partial charge in [-0.1, -0.05) is 13.8 Å². The average molecular weight is 287 g/mol. The number of aromatic nitrogens is 2. The van der Waals surface area contributed by atoms with E-state index in [4.69, 9.17) is 5.73 Å². The van der Waals surface area contributed by atoms with Crippen LogP contribution in [-0.2, 0) is 12.8 Å². The second-order valence-electron chi connectivity index (χ2n) is 5.82. The van der Waals surface area contributed by atoms with Gasteiger partial charge >= 0.3 is 0 Å². The summed E-state index contributed by atoms with van der Waals surface area (Å²) in [5.74, 6) is 1.22.